The highest BCUT2D eigenvalue weighted by Crippen LogP contribution is 2.26. The van der Waals surface area contributed by atoms with Crippen LogP contribution in [0.2, 0.25) is 0 Å². The molecule has 2 fully saturated rings. The Hall–Kier alpha value is -7.36. The number of rotatable bonds is 21. The number of hydrogen-bond acceptors (Lipinski definition) is 16. The number of esters is 3. The summed E-state index contributed by atoms with van der Waals surface area (Å²) >= 11 is 0. The lowest BCUT2D eigenvalue weighted by molar-refractivity contribution is -0.172. The number of morpholine rings is 2. The number of anilines is 2. The van der Waals surface area contributed by atoms with Gasteiger partial charge in [-0.3, -0.25) is 9.80 Å². The second-order valence-electron chi connectivity index (χ2n) is 24.0. The van der Waals surface area contributed by atoms with E-state index in [1.54, 1.807) is 41.5 Å². The third-order valence-electron chi connectivity index (χ3n) is 12.9. The molecule has 2 aliphatic rings. The highest BCUT2D eigenvalue weighted by molar-refractivity contribution is 5.85. The molecule has 0 unspecified atom stereocenters. The summed E-state index contributed by atoms with van der Waals surface area (Å²) in [5.74, 6) is -3.53. The number of amides is 2. The Morgan fingerprint density at radius 3 is 1.28 bits per heavy atom. The lowest BCUT2D eigenvalue weighted by Crippen LogP contribution is -2.49. The van der Waals surface area contributed by atoms with Gasteiger partial charge in [-0.1, -0.05) is 84.9 Å². The van der Waals surface area contributed by atoms with Crippen LogP contribution in [0.4, 0.5) is 29.7 Å². The minimum Gasteiger partial charge on any atom is -0.480 e. The van der Waals surface area contributed by atoms with E-state index >= 15 is 0 Å². The van der Waals surface area contributed by atoms with Gasteiger partial charge in [-0.2, -0.15) is 0 Å². The van der Waals surface area contributed by atoms with Crippen molar-refractivity contribution in [1.82, 2.24) is 9.80 Å². The first-order valence-electron chi connectivity index (χ1n) is 30.4. The van der Waals surface area contributed by atoms with E-state index < -0.39 is 82.9 Å². The number of alkyl halides is 2. The zero-order valence-corrected chi connectivity index (χ0v) is 51.3. The molecule has 2 N–H and O–H groups in total. The number of aliphatic carboxylic acids is 1. The van der Waals surface area contributed by atoms with Crippen molar-refractivity contribution in [3.63, 3.8) is 0 Å². The molecule has 21 heteroatoms. The Bertz CT molecular complexity index is 2730. The van der Waals surface area contributed by atoms with Gasteiger partial charge < -0.3 is 53.2 Å². The fourth-order valence-electron chi connectivity index (χ4n) is 8.50. The molecule has 2 saturated heterocycles. The molecule has 4 aromatic rings. The molecule has 4 atom stereocenters. The molecule has 0 bridgehead atoms. The van der Waals surface area contributed by atoms with Gasteiger partial charge in [0.2, 0.25) is 6.10 Å². The van der Waals surface area contributed by atoms with Crippen LogP contribution >= 0.6 is 0 Å². The number of carbonyl (C=O) groups is 6. The van der Waals surface area contributed by atoms with Crippen LogP contribution in [0.1, 0.15) is 112 Å². The molecule has 2 amide bonds. The molecule has 19 nitrogen and oxygen atoms in total. The molecule has 0 aromatic heterocycles. The fourth-order valence-corrected chi connectivity index (χ4v) is 8.50. The van der Waals surface area contributed by atoms with Crippen molar-refractivity contribution in [3.8, 4) is 0 Å². The minimum absolute atomic E-state index is 0. The predicted octanol–water partition coefficient (Wildman–Crippen LogP) is 10.4. The van der Waals surface area contributed by atoms with Crippen LogP contribution in [0.25, 0.3) is 0 Å². The summed E-state index contributed by atoms with van der Waals surface area (Å²) < 4.78 is 85.9. The molecule has 4 aromatic carbocycles. The van der Waals surface area contributed by atoms with E-state index in [0.717, 1.165) is 82.8 Å². The van der Waals surface area contributed by atoms with Crippen molar-refractivity contribution in [1.29, 1.82) is 0 Å². The van der Waals surface area contributed by atoms with Crippen LogP contribution in [0.3, 0.4) is 0 Å². The third kappa shape index (κ3) is 26.6. The van der Waals surface area contributed by atoms with Gasteiger partial charge in [-0.05, 0) is 116 Å². The number of aliphatic hydroxyl groups excluding tert-OH is 1. The average Bonchev–Trinajstić information content (AvgIpc) is 1.70. The van der Waals surface area contributed by atoms with Gasteiger partial charge in [-0.25, -0.2) is 37.5 Å². The SMILES string of the molecule is CN(C(=O)OC(C)(C)C)[C@@H](CC(C)(C)F)C(=O)O.CN(C(=O)OC(C)(C)C)[C@@H](CC(C)(C)F)C(=O)O[C@H](Cc1ccc(N2CCOCC2)cc1)C(=O)OCc1ccccc1.O=C(OCc1ccccc1)[C@H](O)Cc1ccc(N2CCOCC2)cc1.[2HH].[2H][2H].[2H][2H]. The van der Waals surface area contributed by atoms with E-state index in [9.17, 15) is 42.7 Å². The number of carboxylic acids is 1. The standard InChI is InChI=1S/C32H43FN2O7.C20H23NO4.C12H22FNO4.3H2/c1-31(2,3)42-30(38)34(6)26(21-32(4,5)33)28(36)41-27(29(37)40-22-24-10-8-7-9-11-24)20-23-12-14-25(15-13-23)35-16-18-39-19-17-35;22-19(20(23)25-15-17-4-2-1-3-5-17)14-16-6-8-18(9-7-16)21-10-12-24-13-11-21;1-11(2,3)18-10(17)14(6)8(9(15)16)7-12(4,5)13;;;/h7-15,26-27H,16-22H2,1-6H3;1-9,19,22H,10-15H2;8H,7H2,1-6H3,(H,15,16);3*1H/t26-,27+;19-;8-;;;/m010.../s1/i;;;2*1+1D;1+1. The summed E-state index contributed by atoms with van der Waals surface area (Å²) in [5, 5.41) is 19.1. The number of hydrogen-bond donors (Lipinski definition) is 2. The molecule has 0 radical (unpaired) electrons. The Labute approximate surface area is 507 Å². The second kappa shape index (κ2) is 32.8. The van der Waals surface area contributed by atoms with Crippen molar-refractivity contribution in [2.24, 2.45) is 0 Å². The Morgan fingerprint density at radius 1 is 0.541 bits per heavy atom. The van der Waals surface area contributed by atoms with Crippen LogP contribution in [0.5, 0.6) is 0 Å². The number of likely N-dealkylation sites (N-methyl/N-ethyl adjacent to an activating group) is 2. The van der Waals surface area contributed by atoms with Crippen LogP contribution in [0, 0.1) is 0 Å². The Balaban J connectivity index is 0.000000716. The minimum atomic E-state index is -1.82. The van der Waals surface area contributed by atoms with Gasteiger partial charge in [0.15, 0.2) is 6.10 Å². The molecule has 6 rings (SSSR count). The zero-order chi connectivity index (χ0) is 67.1. The summed E-state index contributed by atoms with van der Waals surface area (Å²) in [6.07, 6.45) is -4.44. The average molecular weight is 1200 g/mol. The quantitative estimate of drug-likeness (QED) is 0.0585. The Morgan fingerprint density at radius 2 is 0.906 bits per heavy atom. The van der Waals surface area contributed by atoms with E-state index in [4.69, 9.17) is 44.2 Å². The molecule has 85 heavy (non-hydrogen) atoms. The van der Waals surface area contributed by atoms with Crippen LogP contribution in [-0.4, -0.2) is 170 Å². The van der Waals surface area contributed by atoms with Gasteiger partial charge in [-0.15, -0.1) is 0 Å². The summed E-state index contributed by atoms with van der Waals surface area (Å²) in [6, 6.07) is 31.5. The predicted molar refractivity (Wildman–Crippen MR) is 324 cm³/mol. The molecular formula is C64H94F2N4O15. The maximum absolute atomic E-state index is 14.8. The number of halogens is 2. The first-order chi connectivity index (χ1) is 41.8. The monoisotopic (exact) mass is 1200 g/mol. The summed E-state index contributed by atoms with van der Waals surface area (Å²) in [4.78, 5) is 80.7. The topological polar surface area (TPSA) is 220 Å². The largest absolute Gasteiger partial charge is 0.480 e. The summed E-state index contributed by atoms with van der Waals surface area (Å²) in [7, 11) is 2.64. The third-order valence-corrected chi connectivity index (χ3v) is 12.9. The van der Waals surface area contributed by atoms with Crippen LogP contribution in [0.15, 0.2) is 109 Å². The summed E-state index contributed by atoms with van der Waals surface area (Å²) in [5.41, 5.74) is 0.412. The van der Waals surface area contributed by atoms with Crippen LogP contribution in [-0.2, 0) is 78.4 Å². The number of carboxylic acid groups (broad SMARTS) is 1. The summed E-state index contributed by atoms with van der Waals surface area (Å²) in [6.45, 7) is 21.5. The molecule has 2 heterocycles. The van der Waals surface area contributed by atoms with Crippen LogP contribution < -0.4 is 9.80 Å². The lowest BCUT2D eigenvalue weighted by Gasteiger charge is -2.32. The van der Waals surface area contributed by atoms with Crippen molar-refractivity contribution < 1.29 is 88.3 Å². The first-order valence-corrected chi connectivity index (χ1v) is 28.4. The van der Waals surface area contributed by atoms with Crippen molar-refractivity contribution in [2.45, 2.75) is 155 Å². The zero-order valence-electron chi connectivity index (χ0n) is 55.3. The normalized spacial score (nSPS) is 15.3. The molecule has 2 aliphatic heterocycles. The van der Waals surface area contributed by atoms with E-state index in [1.165, 1.54) is 41.8 Å². The highest BCUT2D eigenvalue weighted by Gasteiger charge is 2.39. The van der Waals surface area contributed by atoms with Crippen molar-refractivity contribution in [3.05, 3.63) is 131 Å². The maximum atomic E-state index is 14.8. The van der Waals surface area contributed by atoms with Gasteiger partial charge in [0, 0.05) is 84.7 Å². The number of aliphatic hydroxyl groups is 1. The van der Waals surface area contributed by atoms with E-state index in [-0.39, 0.29) is 40.3 Å². The van der Waals surface area contributed by atoms with Gasteiger partial charge in [0.05, 0.1) is 26.4 Å². The second-order valence-corrected chi connectivity index (χ2v) is 24.0. The number of carbonyl (C=O) groups excluding carboxylic acids is 5. The molecule has 474 valence electrons. The smallest absolute Gasteiger partial charge is 0.410 e. The number of benzene rings is 4. The van der Waals surface area contributed by atoms with E-state index in [1.807, 2.05) is 109 Å². The van der Waals surface area contributed by atoms with Gasteiger partial charge in [0.25, 0.3) is 0 Å². The highest BCUT2D eigenvalue weighted by atomic mass is 19.1. The van der Waals surface area contributed by atoms with Crippen molar-refractivity contribution in [2.75, 3.05) is 76.5 Å². The molecule has 0 aliphatic carbocycles. The molecule has 0 spiro atoms. The lowest BCUT2D eigenvalue weighted by atomic mass is 10.00. The van der Waals surface area contributed by atoms with E-state index in [2.05, 4.69) is 9.80 Å². The maximum Gasteiger partial charge on any atom is 0.410 e. The Kier molecular flexibility index (Phi) is 25.8. The van der Waals surface area contributed by atoms with Crippen molar-refractivity contribution >= 4 is 47.4 Å². The first kappa shape index (κ1) is 66.8. The molecular weight excluding hydrogens is 1100 g/mol. The van der Waals surface area contributed by atoms with Gasteiger partial charge >= 0.3 is 36.1 Å². The van der Waals surface area contributed by atoms with Gasteiger partial charge in [0.1, 0.15) is 47.8 Å². The molecule has 0 saturated carbocycles. The fraction of sp³-hybridized carbons (Fsp3) is 0.531. The van der Waals surface area contributed by atoms with E-state index in [0.29, 0.717) is 13.2 Å². The number of nitrogens with zero attached hydrogens (tertiary/aromatic N) is 4. The number of ether oxygens (including phenoxy) is 7.